The number of hydrogen-bond donors (Lipinski definition) is 3. The first kappa shape index (κ1) is 62.2. The van der Waals surface area contributed by atoms with E-state index in [1.165, 1.54) is 218 Å². The zero-order valence-electron chi connectivity index (χ0n) is 42.8. The second-order valence-electron chi connectivity index (χ2n) is 20.3. The molecular weight excluding hydrogens is 804 g/mol. The van der Waals surface area contributed by atoms with Crippen molar-refractivity contribution in [3.63, 3.8) is 0 Å². The molecule has 1 amide bonds. The number of rotatable bonds is 51. The Bertz CT molecular complexity index is 1040. The molecule has 1 unspecified atom stereocenters. The number of carbonyl (C=O) groups excluding carboxylic acids is 1. The van der Waals surface area contributed by atoms with Gasteiger partial charge in [-0.25, -0.2) is 4.57 Å². The summed E-state index contributed by atoms with van der Waals surface area (Å²) in [7, 11) is 1.58. The van der Waals surface area contributed by atoms with E-state index in [9.17, 15) is 19.4 Å². The summed E-state index contributed by atoms with van der Waals surface area (Å²) in [6.45, 7) is 4.83. The van der Waals surface area contributed by atoms with Crippen LogP contribution in [0.5, 0.6) is 0 Å². The normalized spacial score (nSPS) is 14.1. The van der Waals surface area contributed by atoms with E-state index in [4.69, 9.17) is 9.05 Å². The smallest absolute Gasteiger partial charge is 0.387 e. The summed E-state index contributed by atoms with van der Waals surface area (Å²) in [5.74, 6) is -0.173. The molecule has 0 fully saturated rings. The minimum absolute atomic E-state index is 0.0645. The molecule has 0 aromatic heterocycles. The lowest BCUT2D eigenvalue weighted by Crippen LogP contribution is -2.45. The third-order valence-corrected chi connectivity index (χ3v) is 13.7. The standard InChI is InChI=1S/C54H109N2O6P/c1-6-8-10-12-14-16-18-19-20-21-22-23-24-25-26-27-28-29-30-31-32-33-34-35-36-37-38-40-42-44-46-48-54(58)55-52(51-62-63(59,60)61-50-49-56(3,4)5)53(57)47-45-43-41-39-17-15-13-11-9-7-2/h45,47,52-53,57H,6-44,46,48-51H2,1-5H3,(H-,55,58,59,60)/p+1/b47-45+/t52-,53+/m0/s1. The van der Waals surface area contributed by atoms with Crippen LogP contribution in [0.1, 0.15) is 277 Å². The quantitative estimate of drug-likeness (QED) is 0.0243. The number of quaternary nitrogens is 1. The monoisotopic (exact) mass is 914 g/mol. The van der Waals surface area contributed by atoms with Crippen LogP contribution in [0.2, 0.25) is 0 Å². The van der Waals surface area contributed by atoms with Gasteiger partial charge in [-0.15, -0.1) is 0 Å². The topological polar surface area (TPSA) is 105 Å². The fourth-order valence-electron chi connectivity index (χ4n) is 8.40. The van der Waals surface area contributed by atoms with Crippen molar-refractivity contribution in [3.05, 3.63) is 12.2 Å². The summed E-state index contributed by atoms with van der Waals surface area (Å²) in [5, 5.41) is 13.8. The van der Waals surface area contributed by atoms with Crippen LogP contribution in [0.3, 0.4) is 0 Å². The van der Waals surface area contributed by atoms with Gasteiger partial charge < -0.3 is 19.8 Å². The van der Waals surface area contributed by atoms with Crippen molar-refractivity contribution in [1.82, 2.24) is 5.32 Å². The molecule has 0 aliphatic carbocycles. The fourth-order valence-corrected chi connectivity index (χ4v) is 9.13. The third-order valence-electron chi connectivity index (χ3n) is 12.8. The number of aliphatic hydroxyl groups excluding tert-OH is 1. The van der Waals surface area contributed by atoms with Gasteiger partial charge in [0.25, 0.3) is 0 Å². The van der Waals surface area contributed by atoms with Crippen LogP contribution in [0.15, 0.2) is 12.2 Å². The Morgan fingerprint density at radius 2 is 0.841 bits per heavy atom. The van der Waals surface area contributed by atoms with Gasteiger partial charge in [-0.1, -0.05) is 264 Å². The van der Waals surface area contributed by atoms with Gasteiger partial charge in [0, 0.05) is 6.42 Å². The van der Waals surface area contributed by atoms with Crippen molar-refractivity contribution in [3.8, 4) is 0 Å². The predicted molar refractivity (Wildman–Crippen MR) is 272 cm³/mol. The number of nitrogens with one attached hydrogen (secondary N) is 1. The Labute approximate surface area is 392 Å². The zero-order valence-corrected chi connectivity index (χ0v) is 43.7. The molecule has 0 saturated carbocycles. The van der Waals surface area contributed by atoms with Gasteiger partial charge in [0.15, 0.2) is 0 Å². The number of hydrogen-bond acceptors (Lipinski definition) is 5. The zero-order chi connectivity index (χ0) is 46.4. The molecule has 0 rings (SSSR count). The number of unbranched alkanes of at least 4 members (excludes halogenated alkanes) is 38. The van der Waals surface area contributed by atoms with Crippen LogP contribution >= 0.6 is 7.82 Å². The van der Waals surface area contributed by atoms with E-state index in [0.717, 1.165) is 38.5 Å². The van der Waals surface area contributed by atoms with E-state index >= 15 is 0 Å². The number of aliphatic hydroxyl groups is 1. The highest BCUT2D eigenvalue weighted by Gasteiger charge is 2.27. The molecule has 0 radical (unpaired) electrons. The first-order valence-electron chi connectivity index (χ1n) is 27.6. The molecule has 0 heterocycles. The summed E-state index contributed by atoms with van der Waals surface area (Å²) >= 11 is 0. The SMILES string of the molecule is CCCCCCCCCC/C=C/[C@@H](O)[C@H](COP(=O)(O)OCC[N+](C)(C)C)NC(=O)CCCCCCCCCCCCCCCCCCCCCCCCCCCCCCCCC. The molecule has 63 heavy (non-hydrogen) atoms. The van der Waals surface area contributed by atoms with Gasteiger partial charge in [-0.3, -0.25) is 13.8 Å². The molecular formula is C54H110N2O6P+. The van der Waals surface area contributed by atoms with E-state index in [2.05, 4.69) is 19.2 Å². The number of nitrogens with zero attached hydrogens (tertiary/aromatic N) is 1. The summed E-state index contributed by atoms with van der Waals surface area (Å²) < 4.78 is 23.6. The Hall–Kier alpha value is -0.760. The average molecular weight is 914 g/mol. The highest BCUT2D eigenvalue weighted by atomic mass is 31.2. The Kier molecular flexibility index (Phi) is 45.8. The highest BCUT2D eigenvalue weighted by Crippen LogP contribution is 2.43. The van der Waals surface area contributed by atoms with Crippen LogP contribution in [-0.2, 0) is 18.4 Å². The number of phosphoric acid groups is 1. The van der Waals surface area contributed by atoms with Crippen molar-refractivity contribution in [2.24, 2.45) is 0 Å². The van der Waals surface area contributed by atoms with Crippen molar-refractivity contribution in [2.75, 3.05) is 40.9 Å². The van der Waals surface area contributed by atoms with Gasteiger partial charge in [0.05, 0.1) is 39.9 Å². The maximum Gasteiger partial charge on any atom is 0.472 e. The van der Waals surface area contributed by atoms with Crippen LogP contribution in [-0.4, -0.2) is 73.4 Å². The van der Waals surface area contributed by atoms with Gasteiger partial charge in [0.1, 0.15) is 13.2 Å². The first-order chi connectivity index (χ1) is 30.5. The molecule has 0 spiro atoms. The van der Waals surface area contributed by atoms with E-state index in [1.54, 1.807) is 6.08 Å². The minimum atomic E-state index is -4.33. The first-order valence-corrected chi connectivity index (χ1v) is 29.1. The Morgan fingerprint density at radius 1 is 0.524 bits per heavy atom. The Morgan fingerprint density at radius 3 is 1.17 bits per heavy atom. The van der Waals surface area contributed by atoms with Crippen molar-refractivity contribution >= 4 is 13.7 Å². The lowest BCUT2D eigenvalue weighted by atomic mass is 10.0. The summed E-state index contributed by atoms with van der Waals surface area (Å²) in [4.78, 5) is 23.2. The summed E-state index contributed by atoms with van der Waals surface area (Å²) in [6, 6.07) is -0.840. The average Bonchev–Trinajstić information content (AvgIpc) is 3.24. The van der Waals surface area contributed by atoms with Gasteiger partial charge in [0.2, 0.25) is 5.91 Å². The van der Waals surface area contributed by atoms with Gasteiger partial charge >= 0.3 is 7.82 Å². The van der Waals surface area contributed by atoms with Crippen LogP contribution in [0, 0.1) is 0 Å². The molecule has 0 saturated heterocycles. The van der Waals surface area contributed by atoms with E-state index in [0.29, 0.717) is 17.4 Å². The van der Waals surface area contributed by atoms with Gasteiger partial charge in [-0.2, -0.15) is 0 Å². The summed E-state index contributed by atoms with van der Waals surface area (Å²) in [5.41, 5.74) is 0. The van der Waals surface area contributed by atoms with E-state index in [-0.39, 0.29) is 19.1 Å². The predicted octanol–water partition coefficient (Wildman–Crippen LogP) is 16.3. The van der Waals surface area contributed by atoms with Crippen LogP contribution in [0.4, 0.5) is 0 Å². The number of amides is 1. The van der Waals surface area contributed by atoms with E-state index in [1.807, 2.05) is 27.2 Å². The molecule has 0 aromatic carbocycles. The maximum atomic E-state index is 12.9. The molecule has 3 N–H and O–H groups in total. The van der Waals surface area contributed by atoms with Crippen LogP contribution in [0.25, 0.3) is 0 Å². The number of carbonyl (C=O) groups is 1. The second kappa shape index (κ2) is 46.4. The molecule has 0 aliphatic rings. The number of likely N-dealkylation sites (N-methyl/N-ethyl adjacent to an activating group) is 1. The minimum Gasteiger partial charge on any atom is -0.387 e. The van der Waals surface area contributed by atoms with Crippen molar-refractivity contribution in [2.45, 2.75) is 289 Å². The Balaban J connectivity index is 3.93. The van der Waals surface area contributed by atoms with Crippen molar-refractivity contribution in [1.29, 1.82) is 0 Å². The van der Waals surface area contributed by atoms with Gasteiger partial charge in [-0.05, 0) is 19.3 Å². The highest BCUT2D eigenvalue weighted by molar-refractivity contribution is 7.47. The number of phosphoric ester groups is 1. The largest absolute Gasteiger partial charge is 0.472 e. The molecule has 3 atom stereocenters. The molecule has 0 aliphatic heterocycles. The lowest BCUT2D eigenvalue weighted by molar-refractivity contribution is -0.870. The molecule has 9 heteroatoms. The van der Waals surface area contributed by atoms with Crippen molar-refractivity contribution < 1.29 is 32.9 Å². The summed E-state index contributed by atoms with van der Waals surface area (Å²) in [6.07, 6.45) is 56.2. The van der Waals surface area contributed by atoms with E-state index < -0.39 is 20.0 Å². The fraction of sp³-hybridized carbons (Fsp3) is 0.944. The molecule has 8 nitrogen and oxygen atoms in total. The van der Waals surface area contributed by atoms with Crippen LogP contribution < -0.4 is 5.32 Å². The third kappa shape index (κ3) is 49.0. The second-order valence-corrected chi connectivity index (χ2v) is 21.8. The molecule has 0 bridgehead atoms. The maximum absolute atomic E-state index is 12.9. The number of allylic oxidation sites excluding steroid dienone is 1. The molecule has 376 valence electrons. The molecule has 0 aromatic rings. The lowest BCUT2D eigenvalue weighted by Gasteiger charge is -2.25.